The first-order valence-electron chi connectivity index (χ1n) is 7.79. The van der Waals surface area contributed by atoms with E-state index in [-0.39, 0.29) is 0 Å². The van der Waals surface area contributed by atoms with Gasteiger partial charge in [-0.15, -0.1) is 0 Å². The Balaban J connectivity index is 1.90. The first-order valence-corrected chi connectivity index (χ1v) is 7.79. The van der Waals surface area contributed by atoms with Gasteiger partial charge in [0.2, 0.25) is 0 Å². The Morgan fingerprint density at radius 3 is 2.74 bits per heavy atom. The topological polar surface area (TPSA) is 32.3 Å². The summed E-state index contributed by atoms with van der Waals surface area (Å²) in [6.45, 7) is 4.42. The molecule has 0 bridgehead atoms. The largest absolute Gasteiger partial charge is 0.508 e. The minimum absolute atomic E-state index is 0.545. The molecule has 2 heteroatoms. The van der Waals surface area contributed by atoms with Crippen LogP contribution in [0.4, 0.5) is 0 Å². The first kappa shape index (κ1) is 13.0. The summed E-state index contributed by atoms with van der Waals surface area (Å²) >= 11 is 0. The fourth-order valence-electron chi connectivity index (χ4n) is 3.82. The van der Waals surface area contributed by atoms with Crippen LogP contribution in [0.25, 0.3) is 0 Å². The van der Waals surface area contributed by atoms with Gasteiger partial charge in [-0.05, 0) is 99.2 Å². The second-order valence-corrected chi connectivity index (χ2v) is 6.27. The Kier molecular flexibility index (Phi) is 3.79. The van der Waals surface area contributed by atoms with Crippen molar-refractivity contribution in [3.8, 4) is 5.75 Å². The Morgan fingerprint density at radius 2 is 2.00 bits per heavy atom. The van der Waals surface area contributed by atoms with E-state index in [1.807, 2.05) is 6.07 Å². The molecular formula is C17H25NO. The summed E-state index contributed by atoms with van der Waals surface area (Å²) in [5.41, 5.74) is 5.56. The molecule has 2 aliphatic rings. The maximum absolute atomic E-state index is 10.4. The van der Waals surface area contributed by atoms with E-state index in [0.717, 1.165) is 19.5 Å². The van der Waals surface area contributed by atoms with Crippen molar-refractivity contribution >= 4 is 0 Å². The molecule has 1 aliphatic carbocycles. The second-order valence-electron chi connectivity index (χ2n) is 6.27. The van der Waals surface area contributed by atoms with Crippen molar-refractivity contribution in [3.05, 3.63) is 28.3 Å². The molecule has 1 unspecified atom stereocenters. The van der Waals surface area contributed by atoms with Crippen molar-refractivity contribution < 1.29 is 5.11 Å². The molecule has 2 nitrogen and oxygen atoms in total. The molecule has 3 rings (SSSR count). The van der Waals surface area contributed by atoms with Gasteiger partial charge in [-0.25, -0.2) is 0 Å². The number of phenols is 1. The Hall–Kier alpha value is -1.02. The van der Waals surface area contributed by atoms with Crippen LogP contribution >= 0.6 is 0 Å². The molecule has 0 spiro atoms. The van der Waals surface area contributed by atoms with Crippen LogP contribution in [0.1, 0.15) is 47.9 Å². The van der Waals surface area contributed by atoms with E-state index >= 15 is 0 Å². The molecule has 1 aromatic carbocycles. The van der Waals surface area contributed by atoms with Crippen LogP contribution in [0.5, 0.6) is 5.75 Å². The molecule has 0 radical (unpaired) electrons. The van der Waals surface area contributed by atoms with E-state index < -0.39 is 0 Å². The fraction of sp³-hybridized carbons (Fsp3) is 0.647. The molecule has 0 amide bonds. The first-order chi connectivity index (χ1) is 9.25. The summed E-state index contributed by atoms with van der Waals surface area (Å²) in [7, 11) is 0. The van der Waals surface area contributed by atoms with Gasteiger partial charge < -0.3 is 10.4 Å². The lowest BCUT2D eigenvalue weighted by atomic mass is 9.81. The minimum atomic E-state index is 0.545. The lowest BCUT2D eigenvalue weighted by Gasteiger charge is -2.27. The fourth-order valence-corrected chi connectivity index (χ4v) is 3.82. The monoisotopic (exact) mass is 259 g/mol. The highest BCUT2D eigenvalue weighted by Crippen LogP contribution is 2.35. The molecule has 0 saturated carbocycles. The quantitative estimate of drug-likeness (QED) is 0.855. The van der Waals surface area contributed by atoms with Crippen molar-refractivity contribution in [1.82, 2.24) is 5.32 Å². The molecular weight excluding hydrogens is 234 g/mol. The second kappa shape index (κ2) is 5.54. The number of hydrogen-bond donors (Lipinski definition) is 2. The van der Waals surface area contributed by atoms with Crippen LogP contribution in [-0.2, 0) is 19.3 Å². The van der Waals surface area contributed by atoms with Gasteiger partial charge in [0.15, 0.2) is 0 Å². The number of hydrogen-bond acceptors (Lipinski definition) is 2. The van der Waals surface area contributed by atoms with Crippen molar-refractivity contribution in [2.24, 2.45) is 5.92 Å². The Bertz CT molecular complexity index is 461. The molecule has 104 valence electrons. The number of nitrogens with one attached hydrogen (secondary N) is 1. The van der Waals surface area contributed by atoms with E-state index in [1.165, 1.54) is 60.8 Å². The number of rotatable bonds is 2. The zero-order valence-electron chi connectivity index (χ0n) is 12.0. The van der Waals surface area contributed by atoms with E-state index in [2.05, 4.69) is 12.2 Å². The van der Waals surface area contributed by atoms with Gasteiger partial charge >= 0.3 is 0 Å². The van der Waals surface area contributed by atoms with Crippen LogP contribution in [0.2, 0.25) is 0 Å². The van der Waals surface area contributed by atoms with Gasteiger partial charge in [-0.2, -0.15) is 0 Å². The van der Waals surface area contributed by atoms with Crippen LogP contribution in [0.3, 0.4) is 0 Å². The summed E-state index contributed by atoms with van der Waals surface area (Å²) in [5, 5.41) is 13.8. The number of fused-ring (bicyclic) bond motifs is 1. The van der Waals surface area contributed by atoms with Crippen molar-refractivity contribution in [2.75, 3.05) is 13.1 Å². The SMILES string of the molecule is Cc1cc(O)c(CC2CCCNC2)c2c1CCCC2. The summed E-state index contributed by atoms with van der Waals surface area (Å²) in [5.74, 6) is 1.25. The number of piperidine rings is 1. The third-order valence-electron chi connectivity index (χ3n) is 4.86. The average Bonchev–Trinajstić information content (AvgIpc) is 2.45. The standard InChI is InChI=1S/C17H25NO/c1-12-9-17(19)16(10-13-5-4-8-18-11-13)15-7-3-2-6-14(12)15/h9,13,18-19H,2-8,10-11H2,1H3. The Labute approximate surface area is 116 Å². The number of benzene rings is 1. The maximum atomic E-state index is 10.4. The van der Waals surface area contributed by atoms with E-state index in [1.54, 1.807) is 0 Å². The zero-order chi connectivity index (χ0) is 13.2. The lowest BCUT2D eigenvalue weighted by Crippen LogP contribution is -2.31. The van der Waals surface area contributed by atoms with Crippen molar-refractivity contribution in [1.29, 1.82) is 0 Å². The van der Waals surface area contributed by atoms with Gasteiger partial charge in [0.05, 0.1) is 0 Å². The number of aromatic hydroxyl groups is 1. The van der Waals surface area contributed by atoms with E-state index in [4.69, 9.17) is 0 Å². The highest BCUT2D eigenvalue weighted by molar-refractivity contribution is 5.50. The molecule has 0 aromatic heterocycles. The highest BCUT2D eigenvalue weighted by Gasteiger charge is 2.22. The summed E-state index contributed by atoms with van der Waals surface area (Å²) in [6.07, 6.45) is 8.60. The average molecular weight is 259 g/mol. The highest BCUT2D eigenvalue weighted by atomic mass is 16.3. The molecule has 1 atom stereocenters. The molecule has 2 N–H and O–H groups in total. The van der Waals surface area contributed by atoms with Crippen molar-refractivity contribution in [2.45, 2.75) is 51.9 Å². The molecule has 1 saturated heterocycles. The van der Waals surface area contributed by atoms with E-state index in [9.17, 15) is 5.11 Å². The normalized spacial score (nSPS) is 23.1. The number of phenolic OH excluding ortho intramolecular Hbond substituents is 1. The number of aryl methyl sites for hydroxylation is 1. The zero-order valence-corrected chi connectivity index (χ0v) is 12.0. The summed E-state index contributed by atoms with van der Waals surface area (Å²) < 4.78 is 0. The van der Waals surface area contributed by atoms with E-state index in [0.29, 0.717) is 11.7 Å². The molecule has 1 fully saturated rings. The van der Waals surface area contributed by atoms with Crippen LogP contribution < -0.4 is 5.32 Å². The predicted molar refractivity (Wildman–Crippen MR) is 78.8 cm³/mol. The van der Waals surface area contributed by atoms with Gasteiger partial charge in [0, 0.05) is 0 Å². The minimum Gasteiger partial charge on any atom is -0.508 e. The van der Waals surface area contributed by atoms with Crippen LogP contribution in [0, 0.1) is 12.8 Å². The third kappa shape index (κ3) is 2.64. The smallest absolute Gasteiger partial charge is 0.119 e. The predicted octanol–water partition coefficient (Wildman–Crippen LogP) is 3.12. The van der Waals surface area contributed by atoms with Gasteiger partial charge in [0.1, 0.15) is 5.75 Å². The van der Waals surface area contributed by atoms with Crippen molar-refractivity contribution in [3.63, 3.8) is 0 Å². The molecule has 19 heavy (non-hydrogen) atoms. The van der Waals surface area contributed by atoms with Crippen LogP contribution in [-0.4, -0.2) is 18.2 Å². The molecule has 1 aliphatic heterocycles. The molecule has 1 heterocycles. The van der Waals surface area contributed by atoms with Gasteiger partial charge in [0.25, 0.3) is 0 Å². The van der Waals surface area contributed by atoms with Gasteiger partial charge in [-0.1, -0.05) is 0 Å². The lowest BCUT2D eigenvalue weighted by molar-refractivity contribution is 0.368. The third-order valence-corrected chi connectivity index (χ3v) is 4.86. The maximum Gasteiger partial charge on any atom is 0.119 e. The summed E-state index contributed by atoms with van der Waals surface area (Å²) in [6, 6.07) is 2.00. The molecule has 1 aromatic rings. The van der Waals surface area contributed by atoms with Crippen LogP contribution in [0.15, 0.2) is 6.07 Å². The summed E-state index contributed by atoms with van der Waals surface area (Å²) in [4.78, 5) is 0. The Morgan fingerprint density at radius 1 is 1.21 bits per heavy atom. The van der Waals surface area contributed by atoms with Gasteiger partial charge in [-0.3, -0.25) is 0 Å².